The molecular weight excluding hydrogens is 355 g/mol. The van der Waals surface area contributed by atoms with Crippen LogP contribution in [0.25, 0.3) is 5.69 Å². The van der Waals surface area contributed by atoms with Gasteiger partial charge in [-0.1, -0.05) is 4.49 Å². The van der Waals surface area contributed by atoms with Gasteiger partial charge in [-0.3, -0.25) is 14.2 Å². The summed E-state index contributed by atoms with van der Waals surface area (Å²) in [4.78, 5) is 27.4. The molecule has 6 nitrogen and oxygen atoms in total. The molecule has 8 heteroatoms. The highest BCUT2D eigenvalue weighted by Crippen LogP contribution is 2.22. The Labute approximate surface area is 152 Å². The van der Waals surface area contributed by atoms with Gasteiger partial charge in [-0.25, -0.2) is 4.39 Å². The van der Waals surface area contributed by atoms with E-state index in [2.05, 4.69) is 9.59 Å². The van der Waals surface area contributed by atoms with Crippen LogP contribution >= 0.6 is 11.5 Å². The first-order valence-electron chi connectivity index (χ1n) is 8.11. The number of amides is 1. The van der Waals surface area contributed by atoms with E-state index in [9.17, 15) is 14.0 Å². The van der Waals surface area contributed by atoms with Crippen LogP contribution in [0, 0.1) is 12.7 Å². The van der Waals surface area contributed by atoms with Crippen LogP contribution in [0.15, 0.2) is 41.3 Å². The van der Waals surface area contributed by atoms with Crippen LogP contribution in [0.2, 0.25) is 0 Å². The topological polar surface area (TPSA) is 68.1 Å². The number of carbonyl (C=O) groups excluding carboxylic acids is 1. The molecule has 132 valence electrons. The first kappa shape index (κ1) is 16.6. The third kappa shape index (κ3) is 2.92. The fraction of sp³-hybridized carbons (Fsp3) is 0.222. The molecule has 0 radical (unpaired) electrons. The number of hydrogen-bond acceptors (Lipinski definition) is 5. The average Bonchev–Trinajstić information content (AvgIpc) is 3.07. The van der Waals surface area contributed by atoms with Crippen molar-refractivity contribution in [1.29, 1.82) is 0 Å². The summed E-state index contributed by atoms with van der Waals surface area (Å²) in [6, 6.07) is 7.34. The number of carbonyl (C=O) groups is 1. The zero-order chi connectivity index (χ0) is 18.3. The van der Waals surface area contributed by atoms with Gasteiger partial charge >= 0.3 is 0 Å². The van der Waals surface area contributed by atoms with E-state index < -0.39 is 0 Å². The summed E-state index contributed by atoms with van der Waals surface area (Å²) in [6.07, 6.45) is 2.36. The molecule has 0 saturated carbocycles. The highest BCUT2D eigenvalue weighted by Gasteiger charge is 2.25. The highest BCUT2D eigenvalue weighted by atomic mass is 32.1. The predicted octanol–water partition coefficient (Wildman–Crippen LogP) is 2.34. The van der Waals surface area contributed by atoms with E-state index >= 15 is 0 Å². The summed E-state index contributed by atoms with van der Waals surface area (Å²) in [6.45, 7) is 2.72. The van der Waals surface area contributed by atoms with Gasteiger partial charge in [0, 0.05) is 31.0 Å². The quantitative estimate of drug-likeness (QED) is 0.694. The molecule has 1 aliphatic heterocycles. The Kier molecular flexibility index (Phi) is 4.12. The Hall–Kier alpha value is -2.87. The van der Waals surface area contributed by atoms with Gasteiger partial charge in [0.05, 0.1) is 5.69 Å². The maximum absolute atomic E-state index is 13.1. The van der Waals surface area contributed by atoms with Crippen molar-refractivity contribution in [3.05, 3.63) is 74.4 Å². The van der Waals surface area contributed by atoms with Crippen molar-refractivity contribution >= 4 is 17.4 Å². The number of pyridine rings is 1. The molecule has 0 unspecified atom stereocenters. The minimum Gasteiger partial charge on any atom is -0.333 e. The molecule has 2 aromatic heterocycles. The van der Waals surface area contributed by atoms with Crippen LogP contribution in [0.3, 0.4) is 0 Å². The molecule has 0 atom stereocenters. The molecule has 0 N–H and O–H groups in total. The van der Waals surface area contributed by atoms with Gasteiger partial charge in [-0.05, 0) is 60.3 Å². The third-order valence-electron chi connectivity index (χ3n) is 4.48. The Bertz CT molecular complexity index is 1040. The molecule has 1 aromatic carbocycles. The van der Waals surface area contributed by atoms with Gasteiger partial charge < -0.3 is 4.90 Å². The Morgan fingerprint density at radius 3 is 2.69 bits per heavy atom. The van der Waals surface area contributed by atoms with Crippen LogP contribution in [0.5, 0.6) is 0 Å². The molecule has 0 fully saturated rings. The number of aromatic nitrogens is 3. The molecule has 26 heavy (non-hydrogen) atoms. The number of halogens is 1. The predicted molar refractivity (Wildman–Crippen MR) is 95.1 cm³/mol. The third-order valence-corrected chi connectivity index (χ3v) is 5.30. The Morgan fingerprint density at radius 1 is 1.23 bits per heavy atom. The normalized spacial score (nSPS) is 13.5. The lowest BCUT2D eigenvalue weighted by molar-refractivity contribution is 0.0738. The molecule has 1 amide bonds. The molecule has 0 bridgehead atoms. The van der Waals surface area contributed by atoms with Crippen LogP contribution in [0.4, 0.5) is 4.39 Å². The van der Waals surface area contributed by atoms with Gasteiger partial charge in [0.25, 0.3) is 11.5 Å². The number of nitrogens with zero attached hydrogens (tertiary/aromatic N) is 4. The van der Waals surface area contributed by atoms with Gasteiger partial charge in [-0.15, -0.1) is 5.10 Å². The maximum Gasteiger partial charge on any atom is 0.267 e. The highest BCUT2D eigenvalue weighted by molar-refractivity contribution is 7.07. The molecule has 1 aliphatic rings. The Morgan fingerprint density at radius 2 is 2.00 bits per heavy atom. The number of hydrogen-bond donors (Lipinski definition) is 0. The van der Waals surface area contributed by atoms with Crippen molar-refractivity contribution in [2.45, 2.75) is 19.9 Å². The standard InChI is InChI=1S/C18H15FN4O2S/c1-11-17(26-21-20-11)18(25)22-7-6-12-8-16(24)23(10-13(12)9-22)15-4-2-14(19)3-5-15/h2-5,8,10H,6-7,9H2,1H3. The van der Waals surface area contributed by atoms with Crippen molar-refractivity contribution in [3.63, 3.8) is 0 Å². The summed E-state index contributed by atoms with van der Waals surface area (Å²) in [7, 11) is 0. The fourth-order valence-corrected chi connectivity index (χ4v) is 3.70. The van der Waals surface area contributed by atoms with Crippen molar-refractivity contribution in [2.75, 3.05) is 6.54 Å². The first-order chi connectivity index (χ1) is 12.5. The van der Waals surface area contributed by atoms with E-state index in [0.717, 1.165) is 22.7 Å². The lowest BCUT2D eigenvalue weighted by Gasteiger charge is -2.29. The first-order valence-corrected chi connectivity index (χ1v) is 8.89. The zero-order valence-electron chi connectivity index (χ0n) is 14.0. The van der Waals surface area contributed by atoms with Gasteiger partial charge in [0.1, 0.15) is 10.7 Å². The molecule has 3 heterocycles. The SMILES string of the molecule is Cc1nnsc1C(=O)N1CCc2cc(=O)n(-c3ccc(F)cc3)cc2C1. The molecule has 0 aliphatic carbocycles. The van der Waals surface area contributed by atoms with Crippen LogP contribution in [-0.2, 0) is 13.0 Å². The molecule has 0 spiro atoms. The fourth-order valence-electron chi connectivity index (χ4n) is 3.08. The summed E-state index contributed by atoms with van der Waals surface area (Å²) < 4.78 is 18.4. The van der Waals surface area contributed by atoms with Crippen molar-refractivity contribution in [1.82, 2.24) is 19.1 Å². The van der Waals surface area contributed by atoms with Gasteiger partial charge in [0.2, 0.25) is 0 Å². The summed E-state index contributed by atoms with van der Waals surface area (Å²) >= 11 is 1.09. The van der Waals surface area contributed by atoms with Crippen LogP contribution < -0.4 is 5.56 Å². The Balaban J connectivity index is 1.67. The van der Waals surface area contributed by atoms with Crippen molar-refractivity contribution < 1.29 is 9.18 Å². The smallest absolute Gasteiger partial charge is 0.267 e. The number of aryl methyl sites for hydroxylation is 1. The van der Waals surface area contributed by atoms with Gasteiger partial charge in [0.15, 0.2) is 0 Å². The number of rotatable bonds is 2. The minimum atomic E-state index is -0.356. The lowest BCUT2D eigenvalue weighted by atomic mass is 10.0. The van der Waals surface area contributed by atoms with Crippen LogP contribution in [-0.4, -0.2) is 31.5 Å². The molecule has 0 saturated heterocycles. The van der Waals surface area contributed by atoms with E-state index in [1.165, 1.54) is 16.7 Å². The minimum absolute atomic E-state index is 0.0947. The largest absolute Gasteiger partial charge is 0.333 e. The summed E-state index contributed by atoms with van der Waals surface area (Å²) in [5, 5.41) is 3.89. The van der Waals surface area contributed by atoms with E-state index in [4.69, 9.17) is 0 Å². The number of fused-ring (bicyclic) bond motifs is 1. The van der Waals surface area contributed by atoms with E-state index in [1.54, 1.807) is 36.2 Å². The molecule has 4 rings (SSSR count). The molecule has 3 aromatic rings. The van der Waals surface area contributed by atoms with Crippen LogP contribution in [0.1, 0.15) is 26.5 Å². The summed E-state index contributed by atoms with van der Waals surface area (Å²) in [5.41, 5.74) is 2.89. The second-order valence-electron chi connectivity index (χ2n) is 6.17. The monoisotopic (exact) mass is 370 g/mol. The average molecular weight is 370 g/mol. The number of benzene rings is 1. The summed E-state index contributed by atoms with van der Waals surface area (Å²) in [5.74, 6) is -0.451. The van der Waals surface area contributed by atoms with Crippen molar-refractivity contribution in [3.8, 4) is 5.69 Å². The van der Waals surface area contributed by atoms with E-state index in [-0.39, 0.29) is 17.3 Å². The zero-order valence-corrected chi connectivity index (χ0v) is 14.8. The second kappa shape index (κ2) is 6.45. The van der Waals surface area contributed by atoms with E-state index in [0.29, 0.717) is 35.8 Å². The molecular formula is C18H15FN4O2S. The lowest BCUT2D eigenvalue weighted by Crippen LogP contribution is -2.37. The maximum atomic E-state index is 13.1. The van der Waals surface area contributed by atoms with Gasteiger partial charge in [-0.2, -0.15) is 0 Å². The second-order valence-corrected chi connectivity index (χ2v) is 6.93. The van der Waals surface area contributed by atoms with Crippen molar-refractivity contribution in [2.24, 2.45) is 0 Å². The van der Waals surface area contributed by atoms with E-state index in [1.807, 2.05) is 0 Å².